The molecule has 208 valence electrons. The van der Waals surface area contributed by atoms with Crippen LogP contribution in [0.4, 0.5) is 5.69 Å². The SMILES string of the molecule is Cc1ccc([C@@H](C(=O)NCc2ccc3c(c2)OCO3)N(C(=O)c2ccc3c(c2)OCCO3)c2ccccc2C)cc1. The minimum atomic E-state index is -0.952. The second kappa shape index (κ2) is 11.3. The lowest BCUT2D eigenvalue weighted by atomic mass is 9.99. The Morgan fingerprint density at radius 3 is 2.27 bits per heavy atom. The Bertz CT molecular complexity index is 1600. The fraction of sp³-hybridized carbons (Fsp3) is 0.212. The van der Waals surface area contributed by atoms with E-state index in [1.807, 2.05) is 80.6 Å². The van der Waals surface area contributed by atoms with Gasteiger partial charge < -0.3 is 24.3 Å². The van der Waals surface area contributed by atoms with Crippen LogP contribution in [-0.2, 0) is 11.3 Å². The third-order valence-electron chi connectivity index (χ3n) is 7.19. The standard InChI is InChI=1S/C33H30N2O6/c1-21-7-10-24(11-8-21)31(32(36)34-19-23-9-13-28-29(17-23)41-20-40-28)35(26-6-4-3-5-22(26)2)33(37)25-12-14-27-30(18-25)39-16-15-38-27/h3-14,17-18,31H,15-16,19-20H2,1-2H3,(H,34,36)/t31-/m0/s1. The summed E-state index contributed by atoms with van der Waals surface area (Å²) in [6.07, 6.45) is 0. The fourth-order valence-electron chi connectivity index (χ4n) is 5.02. The largest absolute Gasteiger partial charge is 0.486 e. The van der Waals surface area contributed by atoms with Crippen molar-refractivity contribution in [1.82, 2.24) is 5.32 Å². The Morgan fingerprint density at radius 1 is 0.780 bits per heavy atom. The number of amides is 2. The number of para-hydroxylation sites is 1. The normalized spacial score (nSPS) is 13.8. The molecule has 1 atom stereocenters. The van der Waals surface area contributed by atoms with Crippen molar-refractivity contribution >= 4 is 17.5 Å². The molecular weight excluding hydrogens is 520 g/mol. The molecule has 0 aliphatic carbocycles. The number of hydrogen-bond acceptors (Lipinski definition) is 6. The summed E-state index contributed by atoms with van der Waals surface area (Å²) < 4.78 is 22.3. The van der Waals surface area contributed by atoms with Crippen molar-refractivity contribution in [3.63, 3.8) is 0 Å². The summed E-state index contributed by atoms with van der Waals surface area (Å²) in [5, 5.41) is 3.06. The van der Waals surface area contributed by atoms with Crippen LogP contribution in [0.1, 0.15) is 38.7 Å². The van der Waals surface area contributed by atoms with Gasteiger partial charge in [-0.15, -0.1) is 0 Å². The fourth-order valence-corrected chi connectivity index (χ4v) is 5.02. The Labute approximate surface area is 238 Å². The number of hydrogen-bond donors (Lipinski definition) is 1. The highest BCUT2D eigenvalue weighted by Crippen LogP contribution is 2.36. The van der Waals surface area contributed by atoms with Gasteiger partial charge in [-0.3, -0.25) is 14.5 Å². The van der Waals surface area contributed by atoms with Gasteiger partial charge in [-0.2, -0.15) is 0 Å². The predicted octanol–water partition coefficient (Wildman–Crippen LogP) is 5.51. The van der Waals surface area contributed by atoms with Crippen molar-refractivity contribution in [3.8, 4) is 23.0 Å². The molecule has 0 spiro atoms. The molecule has 0 radical (unpaired) electrons. The average molecular weight is 551 g/mol. The number of nitrogens with one attached hydrogen (secondary N) is 1. The summed E-state index contributed by atoms with van der Waals surface area (Å²) in [6.45, 7) is 5.19. The van der Waals surface area contributed by atoms with Crippen LogP contribution in [0.15, 0.2) is 84.9 Å². The molecule has 1 N–H and O–H groups in total. The summed E-state index contributed by atoms with van der Waals surface area (Å²) in [6, 6.07) is 25.0. The van der Waals surface area contributed by atoms with E-state index >= 15 is 0 Å². The number of benzene rings is 4. The van der Waals surface area contributed by atoms with E-state index in [0.717, 1.165) is 16.7 Å². The van der Waals surface area contributed by atoms with Crippen LogP contribution in [-0.4, -0.2) is 31.8 Å². The molecule has 2 heterocycles. The Balaban J connectivity index is 1.39. The number of ether oxygens (including phenoxy) is 4. The van der Waals surface area contributed by atoms with E-state index in [9.17, 15) is 9.59 Å². The summed E-state index contributed by atoms with van der Waals surface area (Å²) in [7, 11) is 0. The van der Waals surface area contributed by atoms with Crippen LogP contribution in [0.25, 0.3) is 0 Å². The van der Waals surface area contributed by atoms with Gasteiger partial charge in [0.2, 0.25) is 12.7 Å². The molecule has 4 aromatic carbocycles. The van der Waals surface area contributed by atoms with E-state index < -0.39 is 6.04 Å². The molecule has 4 aromatic rings. The molecule has 6 rings (SSSR count). The minimum absolute atomic E-state index is 0.175. The predicted molar refractivity (Wildman–Crippen MR) is 154 cm³/mol. The van der Waals surface area contributed by atoms with E-state index in [4.69, 9.17) is 18.9 Å². The molecule has 0 unspecified atom stereocenters. The average Bonchev–Trinajstić information content (AvgIpc) is 3.47. The molecule has 2 aliphatic heterocycles. The highest BCUT2D eigenvalue weighted by Gasteiger charge is 2.34. The van der Waals surface area contributed by atoms with Crippen LogP contribution >= 0.6 is 0 Å². The lowest BCUT2D eigenvalue weighted by Gasteiger charge is -2.33. The van der Waals surface area contributed by atoms with Crippen molar-refractivity contribution in [2.24, 2.45) is 0 Å². The molecule has 0 aromatic heterocycles. The maximum absolute atomic E-state index is 14.4. The van der Waals surface area contributed by atoms with E-state index in [1.165, 1.54) is 0 Å². The van der Waals surface area contributed by atoms with Gasteiger partial charge >= 0.3 is 0 Å². The van der Waals surface area contributed by atoms with Crippen molar-refractivity contribution in [2.75, 3.05) is 24.9 Å². The van der Waals surface area contributed by atoms with Crippen LogP contribution in [0.3, 0.4) is 0 Å². The molecule has 8 heteroatoms. The second-order valence-electron chi connectivity index (χ2n) is 10.0. The highest BCUT2D eigenvalue weighted by atomic mass is 16.7. The summed E-state index contributed by atoms with van der Waals surface area (Å²) >= 11 is 0. The second-order valence-corrected chi connectivity index (χ2v) is 10.0. The summed E-state index contributed by atoms with van der Waals surface area (Å²) in [4.78, 5) is 30.1. The Hall–Kier alpha value is -4.98. The van der Waals surface area contributed by atoms with Gasteiger partial charge in [-0.1, -0.05) is 54.1 Å². The molecule has 0 fully saturated rings. The number of carbonyl (C=O) groups excluding carboxylic acids is 2. The molecular formula is C33H30N2O6. The molecule has 2 amide bonds. The lowest BCUT2D eigenvalue weighted by molar-refractivity contribution is -0.122. The molecule has 0 saturated heterocycles. The number of carbonyl (C=O) groups is 2. The molecule has 2 aliphatic rings. The van der Waals surface area contributed by atoms with Crippen LogP contribution < -0.4 is 29.2 Å². The highest BCUT2D eigenvalue weighted by molar-refractivity contribution is 6.10. The summed E-state index contributed by atoms with van der Waals surface area (Å²) in [5.74, 6) is 1.76. The lowest BCUT2D eigenvalue weighted by Crippen LogP contribution is -2.44. The molecule has 0 saturated carbocycles. The van der Waals surface area contributed by atoms with Gasteiger partial charge in [-0.25, -0.2) is 0 Å². The molecule has 8 nitrogen and oxygen atoms in total. The van der Waals surface area contributed by atoms with Gasteiger partial charge in [0.15, 0.2) is 23.0 Å². The van der Waals surface area contributed by atoms with Crippen LogP contribution in [0.2, 0.25) is 0 Å². The Kier molecular flexibility index (Phi) is 7.20. The monoisotopic (exact) mass is 550 g/mol. The van der Waals surface area contributed by atoms with Crippen molar-refractivity contribution < 1.29 is 28.5 Å². The maximum Gasteiger partial charge on any atom is 0.259 e. The van der Waals surface area contributed by atoms with Gasteiger partial charge in [0, 0.05) is 17.8 Å². The van der Waals surface area contributed by atoms with E-state index in [-0.39, 0.29) is 25.2 Å². The molecule has 0 bridgehead atoms. The van der Waals surface area contributed by atoms with Crippen molar-refractivity contribution in [3.05, 3.63) is 113 Å². The van der Waals surface area contributed by atoms with Gasteiger partial charge in [-0.05, 0) is 66.9 Å². The third-order valence-corrected chi connectivity index (χ3v) is 7.19. The van der Waals surface area contributed by atoms with Crippen LogP contribution in [0, 0.1) is 13.8 Å². The third kappa shape index (κ3) is 5.41. The van der Waals surface area contributed by atoms with E-state index in [2.05, 4.69) is 5.32 Å². The van der Waals surface area contributed by atoms with E-state index in [0.29, 0.717) is 53.0 Å². The maximum atomic E-state index is 14.4. The van der Waals surface area contributed by atoms with Crippen molar-refractivity contribution in [2.45, 2.75) is 26.4 Å². The van der Waals surface area contributed by atoms with Crippen LogP contribution in [0.5, 0.6) is 23.0 Å². The molecule has 41 heavy (non-hydrogen) atoms. The zero-order valence-electron chi connectivity index (χ0n) is 22.9. The first kappa shape index (κ1) is 26.3. The Morgan fingerprint density at radius 2 is 1.46 bits per heavy atom. The number of nitrogens with zero attached hydrogens (tertiary/aromatic N) is 1. The smallest absolute Gasteiger partial charge is 0.259 e. The zero-order valence-corrected chi connectivity index (χ0v) is 22.9. The minimum Gasteiger partial charge on any atom is -0.486 e. The topological polar surface area (TPSA) is 86.3 Å². The van der Waals surface area contributed by atoms with Gasteiger partial charge in [0.1, 0.15) is 19.3 Å². The van der Waals surface area contributed by atoms with E-state index in [1.54, 1.807) is 23.1 Å². The number of aryl methyl sites for hydroxylation is 2. The first-order valence-electron chi connectivity index (χ1n) is 13.5. The number of anilines is 1. The number of fused-ring (bicyclic) bond motifs is 2. The van der Waals surface area contributed by atoms with Gasteiger partial charge in [0.05, 0.1) is 0 Å². The zero-order chi connectivity index (χ0) is 28.3. The quantitative estimate of drug-likeness (QED) is 0.327. The van der Waals surface area contributed by atoms with Gasteiger partial charge in [0.25, 0.3) is 5.91 Å². The summed E-state index contributed by atoms with van der Waals surface area (Å²) in [5.41, 5.74) is 4.47. The first-order chi connectivity index (χ1) is 20.0. The van der Waals surface area contributed by atoms with Crippen molar-refractivity contribution in [1.29, 1.82) is 0 Å². The number of rotatable bonds is 7. The first-order valence-corrected chi connectivity index (χ1v) is 13.5.